The van der Waals surface area contributed by atoms with Crippen molar-refractivity contribution in [3.05, 3.63) is 70.6 Å². The third kappa shape index (κ3) is 3.93. The molecule has 32 heavy (non-hydrogen) atoms. The zero-order valence-corrected chi connectivity index (χ0v) is 18.7. The van der Waals surface area contributed by atoms with Crippen LogP contribution < -0.4 is 5.56 Å². The van der Waals surface area contributed by atoms with Crippen molar-refractivity contribution in [1.82, 2.24) is 9.47 Å². The van der Waals surface area contributed by atoms with Gasteiger partial charge in [0.1, 0.15) is 5.69 Å². The molecule has 6 heteroatoms. The lowest BCUT2D eigenvalue weighted by atomic mass is 9.96. The third-order valence-electron chi connectivity index (χ3n) is 6.37. The van der Waals surface area contributed by atoms with Gasteiger partial charge in [0, 0.05) is 30.1 Å². The summed E-state index contributed by atoms with van der Waals surface area (Å²) in [6, 6.07) is 16.9. The fraction of sp³-hybridized carbons (Fsp3) is 0.346. The Morgan fingerprint density at radius 1 is 0.938 bits per heavy atom. The summed E-state index contributed by atoms with van der Waals surface area (Å²) in [7, 11) is 1.56. The highest BCUT2D eigenvalue weighted by Gasteiger charge is 2.30. The van der Waals surface area contributed by atoms with E-state index in [1.807, 2.05) is 61.2 Å². The van der Waals surface area contributed by atoms with E-state index in [0.717, 1.165) is 24.8 Å². The molecule has 0 unspecified atom stereocenters. The van der Waals surface area contributed by atoms with Crippen molar-refractivity contribution in [2.45, 2.75) is 45.2 Å². The Balaban J connectivity index is 1.72. The van der Waals surface area contributed by atoms with Gasteiger partial charge in [-0.1, -0.05) is 48.5 Å². The smallest absolute Gasteiger partial charge is 0.356 e. The van der Waals surface area contributed by atoms with Crippen LogP contribution in [0.3, 0.4) is 0 Å². The van der Waals surface area contributed by atoms with Crippen LogP contribution in [0.1, 0.15) is 43.6 Å². The van der Waals surface area contributed by atoms with E-state index < -0.39 is 5.97 Å². The highest BCUT2D eigenvalue weighted by atomic mass is 16.5. The highest BCUT2D eigenvalue weighted by molar-refractivity contribution is 6.07. The Hall–Kier alpha value is -3.41. The fourth-order valence-corrected chi connectivity index (χ4v) is 4.78. The van der Waals surface area contributed by atoms with Crippen LogP contribution in [0, 0.1) is 0 Å². The maximum absolute atomic E-state index is 13.3. The number of nitrogens with zero attached hydrogens (tertiary/aromatic N) is 2. The molecule has 2 heterocycles. The molecule has 0 saturated carbocycles. The largest absolute Gasteiger partial charge is 0.451 e. The van der Waals surface area contributed by atoms with E-state index in [9.17, 15) is 14.4 Å². The molecule has 1 aromatic heterocycles. The van der Waals surface area contributed by atoms with E-state index >= 15 is 0 Å². The molecule has 1 amide bonds. The lowest BCUT2D eigenvalue weighted by molar-refractivity contribution is -0.140. The number of rotatable bonds is 4. The zero-order chi connectivity index (χ0) is 22.8. The molecule has 4 rings (SSSR count). The molecular formula is C26H28N2O4. The van der Waals surface area contributed by atoms with Gasteiger partial charge < -0.3 is 14.2 Å². The molecule has 0 N–H and O–H groups in total. The van der Waals surface area contributed by atoms with Gasteiger partial charge >= 0.3 is 5.97 Å². The van der Waals surface area contributed by atoms with Gasteiger partial charge in [0.2, 0.25) is 0 Å². The average molecular weight is 433 g/mol. The van der Waals surface area contributed by atoms with Crippen LogP contribution in [0.25, 0.3) is 21.9 Å². The van der Waals surface area contributed by atoms with Crippen molar-refractivity contribution in [3.8, 4) is 11.1 Å². The maximum atomic E-state index is 13.3. The summed E-state index contributed by atoms with van der Waals surface area (Å²) in [4.78, 5) is 40.9. The molecule has 2 atom stereocenters. The van der Waals surface area contributed by atoms with Crippen molar-refractivity contribution < 1.29 is 14.3 Å². The van der Waals surface area contributed by atoms with Crippen LogP contribution in [0.2, 0.25) is 0 Å². The molecule has 6 nitrogen and oxygen atoms in total. The Morgan fingerprint density at radius 2 is 1.53 bits per heavy atom. The summed E-state index contributed by atoms with van der Waals surface area (Å²) in [5.41, 5.74) is 1.29. The van der Waals surface area contributed by atoms with Crippen LogP contribution in [0.5, 0.6) is 0 Å². The van der Waals surface area contributed by atoms with Gasteiger partial charge in [-0.05, 0) is 50.1 Å². The topological polar surface area (TPSA) is 68.6 Å². The van der Waals surface area contributed by atoms with E-state index in [1.54, 1.807) is 19.2 Å². The second-order valence-electron chi connectivity index (χ2n) is 8.51. The Kier molecular flexibility index (Phi) is 6.12. The van der Waals surface area contributed by atoms with Crippen molar-refractivity contribution in [2.24, 2.45) is 7.05 Å². The molecule has 0 radical (unpaired) electrons. The van der Waals surface area contributed by atoms with E-state index in [2.05, 4.69) is 0 Å². The van der Waals surface area contributed by atoms with Crippen LogP contribution in [-0.2, 0) is 16.6 Å². The number of hydrogen-bond acceptors (Lipinski definition) is 4. The Morgan fingerprint density at radius 3 is 2.19 bits per heavy atom. The number of ether oxygens (including phenoxy) is 1. The molecule has 3 aromatic rings. The fourth-order valence-electron chi connectivity index (χ4n) is 4.78. The molecule has 2 aromatic carbocycles. The number of aromatic nitrogens is 1. The number of carbonyl (C=O) groups is 2. The summed E-state index contributed by atoms with van der Waals surface area (Å²) < 4.78 is 6.82. The summed E-state index contributed by atoms with van der Waals surface area (Å²) in [6.07, 6.45) is 2.98. The monoisotopic (exact) mass is 432 g/mol. The number of amides is 1. The number of pyridine rings is 1. The average Bonchev–Trinajstić information content (AvgIpc) is 2.80. The van der Waals surface area contributed by atoms with Crippen LogP contribution in [0.15, 0.2) is 59.4 Å². The zero-order valence-electron chi connectivity index (χ0n) is 18.7. The lowest BCUT2D eigenvalue weighted by Gasteiger charge is -2.38. The molecular weight excluding hydrogens is 404 g/mol. The first-order chi connectivity index (χ1) is 15.4. The highest BCUT2D eigenvalue weighted by Crippen LogP contribution is 2.31. The second-order valence-corrected chi connectivity index (χ2v) is 8.51. The van der Waals surface area contributed by atoms with Crippen molar-refractivity contribution in [2.75, 3.05) is 6.61 Å². The molecule has 1 aliphatic rings. The first-order valence-electron chi connectivity index (χ1n) is 11.1. The molecule has 1 fully saturated rings. The lowest BCUT2D eigenvalue weighted by Crippen LogP contribution is -2.49. The molecule has 166 valence electrons. The van der Waals surface area contributed by atoms with Gasteiger partial charge in [0.25, 0.3) is 11.5 Å². The number of piperidine rings is 1. The second kappa shape index (κ2) is 8.99. The number of esters is 1. The van der Waals surface area contributed by atoms with Gasteiger partial charge in [-0.2, -0.15) is 0 Å². The van der Waals surface area contributed by atoms with Crippen LogP contribution >= 0.6 is 0 Å². The van der Waals surface area contributed by atoms with Crippen molar-refractivity contribution in [3.63, 3.8) is 0 Å². The Labute approximate surface area is 187 Å². The minimum Gasteiger partial charge on any atom is -0.451 e. The van der Waals surface area contributed by atoms with Gasteiger partial charge in [0.05, 0.1) is 0 Å². The molecule has 0 spiro atoms. The number of carbonyl (C=O) groups excluding carboxylic acids is 2. The quantitative estimate of drug-likeness (QED) is 0.581. The number of fused-ring (bicyclic) bond motifs is 1. The molecule has 1 saturated heterocycles. The van der Waals surface area contributed by atoms with Gasteiger partial charge in [0.15, 0.2) is 6.61 Å². The van der Waals surface area contributed by atoms with E-state index in [4.69, 9.17) is 4.74 Å². The SMILES string of the molecule is C[C@@H]1CCC[C@@H](C)N1C(=O)COC(=O)c1c(-c2ccccc2)c2ccccc2c(=O)n1C. The standard InChI is InChI=1S/C26H28N2O4/c1-17-10-9-11-18(2)28(17)22(29)16-32-26(31)24-23(19-12-5-4-6-13-19)20-14-7-8-15-21(20)25(30)27(24)3/h4-8,12-15,17-18H,9-11,16H2,1-3H3/t17-,18-/m1/s1. The minimum atomic E-state index is -0.681. The first-order valence-corrected chi connectivity index (χ1v) is 11.1. The Bertz CT molecular complexity index is 1210. The van der Waals surface area contributed by atoms with Gasteiger partial charge in [-0.3, -0.25) is 9.59 Å². The normalized spacial score (nSPS) is 18.5. The first kappa shape index (κ1) is 21.8. The summed E-state index contributed by atoms with van der Waals surface area (Å²) >= 11 is 0. The number of hydrogen-bond donors (Lipinski definition) is 0. The third-order valence-corrected chi connectivity index (χ3v) is 6.37. The van der Waals surface area contributed by atoms with Crippen LogP contribution in [0.4, 0.5) is 0 Å². The summed E-state index contributed by atoms with van der Waals surface area (Å²) in [5, 5.41) is 1.20. The van der Waals surface area contributed by atoms with E-state index in [-0.39, 0.29) is 35.9 Å². The van der Waals surface area contributed by atoms with E-state index in [1.165, 1.54) is 4.57 Å². The predicted octanol–water partition coefficient (Wildman–Crippen LogP) is 4.15. The van der Waals surface area contributed by atoms with Crippen LogP contribution in [-0.4, -0.2) is 40.0 Å². The van der Waals surface area contributed by atoms with E-state index in [0.29, 0.717) is 16.3 Å². The predicted molar refractivity (Wildman–Crippen MR) is 125 cm³/mol. The number of likely N-dealkylation sites (tertiary alicyclic amines) is 1. The number of benzene rings is 2. The molecule has 1 aliphatic heterocycles. The minimum absolute atomic E-state index is 0.120. The van der Waals surface area contributed by atoms with Gasteiger partial charge in [-0.25, -0.2) is 4.79 Å². The molecule has 0 aliphatic carbocycles. The maximum Gasteiger partial charge on any atom is 0.356 e. The molecule has 0 bridgehead atoms. The van der Waals surface area contributed by atoms with Crippen molar-refractivity contribution >= 4 is 22.6 Å². The summed E-state index contributed by atoms with van der Waals surface area (Å²) in [6.45, 7) is 3.70. The van der Waals surface area contributed by atoms with Crippen molar-refractivity contribution in [1.29, 1.82) is 0 Å². The van der Waals surface area contributed by atoms with Gasteiger partial charge in [-0.15, -0.1) is 0 Å². The summed E-state index contributed by atoms with van der Waals surface area (Å²) in [5.74, 6) is -0.884.